The van der Waals surface area contributed by atoms with Crippen molar-refractivity contribution < 1.29 is 18.0 Å². The molecule has 2 amide bonds. The molecule has 1 heterocycles. The highest BCUT2D eigenvalue weighted by Crippen LogP contribution is 2.35. The number of fused-ring (bicyclic) bond motifs is 1. The molecular weight excluding hydrogens is 400 g/mol. The third-order valence-corrected chi connectivity index (χ3v) is 7.29. The Labute approximate surface area is 178 Å². The van der Waals surface area contributed by atoms with Crippen LogP contribution >= 0.6 is 0 Å². The molecule has 0 spiro atoms. The fraction of sp³-hybridized carbons (Fsp3) is 0.391. The van der Waals surface area contributed by atoms with Crippen LogP contribution < -0.4 is 5.32 Å². The molecule has 0 aromatic heterocycles. The van der Waals surface area contributed by atoms with Crippen LogP contribution in [0.15, 0.2) is 41.3 Å². The monoisotopic (exact) mass is 428 g/mol. The first-order valence-electron chi connectivity index (χ1n) is 10.1. The van der Waals surface area contributed by atoms with Crippen LogP contribution in [0, 0.1) is 0 Å². The molecule has 3 rings (SSSR count). The van der Waals surface area contributed by atoms with Gasteiger partial charge >= 0.3 is 0 Å². The molecular formula is C23H28N2O4S. The van der Waals surface area contributed by atoms with Crippen molar-refractivity contribution in [1.82, 2.24) is 4.31 Å². The number of carbonyl (C=O) groups is 2. The van der Waals surface area contributed by atoms with Crippen molar-refractivity contribution in [3.8, 4) is 0 Å². The summed E-state index contributed by atoms with van der Waals surface area (Å²) in [5.41, 5.74) is 3.10. The third kappa shape index (κ3) is 3.62. The van der Waals surface area contributed by atoms with Gasteiger partial charge < -0.3 is 5.32 Å². The molecule has 0 aliphatic carbocycles. The molecule has 30 heavy (non-hydrogen) atoms. The van der Waals surface area contributed by atoms with Crippen molar-refractivity contribution >= 4 is 27.5 Å². The number of hydrogen-bond donors (Lipinski definition) is 1. The fourth-order valence-corrected chi connectivity index (χ4v) is 5.57. The molecule has 2 aromatic carbocycles. The Balaban J connectivity index is 2.03. The summed E-state index contributed by atoms with van der Waals surface area (Å²) in [6.07, 6.45) is 0. The van der Waals surface area contributed by atoms with Gasteiger partial charge in [0, 0.05) is 17.3 Å². The van der Waals surface area contributed by atoms with E-state index in [1.54, 1.807) is 13.8 Å². The van der Waals surface area contributed by atoms with E-state index in [1.807, 2.05) is 18.2 Å². The summed E-state index contributed by atoms with van der Waals surface area (Å²) < 4.78 is 26.5. The number of hydrogen-bond acceptors (Lipinski definition) is 4. The lowest BCUT2D eigenvalue weighted by Crippen LogP contribution is -2.36. The highest BCUT2D eigenvalue weighted by molar-refractivity contribution is 7.90. The lowest BCUT2D eigenvalue weighted by Gasteiger charge is -2.20. The maximum Gasteiger partial charge on any atom is 0.269 e. The van der Waals surface area contributed by atoms with Crippen LogP contribution in [0.2, 0.25) is 0 Å². The van der Waals surface area contributed by atoms with E-state index < -0.39 is 27.9 Å². The number of para-hydroxylation sites is 1. The maximum absolute atomic E-state index is 13.1. The molecule has 2 aromatic rings. The SMILES string of the molecule is CC(C)c1cccc(C(C)C)c1NC(=O)c1ccc2c(c1)S(=O)(=O)N(C(C)C)C2=O. The molecule has 0 radical (unpaired) electrons. The molecule has 160 valence electrons. The summed E-state index contributed by atoms with van der Waals surface area (Å²) in [7, 11) is -3.96. The van der Waals surface area contributed by atoms with E-state index in [0.717, 1.165) is 21.1 Å². The minimum absolute atomic E-state index is 0.103. The molecule has 0 unspecified atom stereocenters. The van der Waals surface area contributed by atoms with E-state index in [1.165, 1.54) is 18.2 Å². The van der Waals surface area contributed by atoms with Gasteiger partial charge in [-0.25, -0.2) is 12.7 Å². The number of amides is 2. The van der Waals surface area contributed by atoms with E-state index in [0.29, 0.717) is 0 Å². The zero-order valence-electron chi connectivity index (χ0n) is 18.2. The predicted molar refractivity (Wildman–Crippen MR) is 118 cm³/mol. The lowest BCUT2D eigenvalue weighted by atomic mass is 9.92. The molecule has 0 saturated heterocycles. The zero-order valence-corrected chi connectivity index (χ0v) is 19.0. The highest BCUT2D eigenvalue weighted by atomic mass is 32.2. The van der Waals surface area contributed by atoms with Crippen LogP contribution in [-0.2, 0) is 10.0 Å². The molecule has 0 fully saturated rings. The van der Waals surface area contributed by atoms with Gasteiger partial charge in [-0.1, -0.05) is 45.9 Å². The van der Waals surface area contributed by atoms with Gasteiger partial charge in [-0.15, -0.1) is 0 Å². The minimum atomic E-state index is -3.96. The van der Waals surface area contributed by atoms with Gasteiger partial charge in [-0.05, 0) is 55.0 Å². The first kappa shape index (κ1) is 22.0. The Morgan fingerprint density at radius 2 is 1.50 bits per heavy atom. The minimum Gasteiger partial charge on any atom is -0.321 e. The summed E-state index contributed by atoms with van der Waals surface area (Å²) in [5.74, 6) is -0.550. The average molecular weight is 429 g/mol. The zero-order chi connectivity index (χ0) is 22.4. The summed E-state index contributed by atoms with van der Waals surface area (Å²) in [6, 6.07) is 9.67. The summed E-state index contributed by atoms with van der Waals surface area (Å²) in [6.45, 7) is 11.5. The first-order chi connectivity index (χ1) is 14.0. The molecule has 0 bridgehead atoms. The van der Waals surface area contributed by atoms with Crippen LogP contribution in [0.25, 0.3) is 0 Å². The van der Waals surface area contributed by atoms with Gasteiger partial charge in [-0.3, -0.25) is 9.59 Å². The van der Waals surface area contributed by atoms with Crippen LogP contribution in [0.1, 0.15) is 85.2 Å². The van der Waals surface area contributed by atoms with Crippen molar-refractivity contribution in [3.63, 3.8) is 0 Å². The number of carbonyl (C=O) groups excluding carboxylic acids is 2. The van der Waals surface area contributed by atoms with Crippen molar-refractivity contribution in [2.75, 3.05) is 5.32 Å². The van der Waals surface area contributed by atoms with Crippen molar-refractivity contribution in [1.29, 1.82) is 0 Å². The highest BCUT2D eigenvalue weighted by Gasteiger charge is 2.43. The largest absolute Gasteiger partial charge is 0.321 e. The second-order valence-corrected chi connectivity index (χ2v) is 10.3. The van der Waals surface area contributed by atoms with Crippen molar-refractivity contribution in [2.24, 2.45) is 0 Å². The molecule has 0 saturated carbocycles. The van der Waals surface area contributed by atoms with Crippen LogP contribution in [0.4, 0.5) is 5.69 Å². The number of benzene rings is 2. The smallest absolute Gasteiger partial charge is 0.269 e. The molecule has 1 aliphatic heterocycles. The van der Waals surface area contributed by atoms with Gasteiger partial charge in [0.15, 0.2) is 0 Å². The number of nitrogens with one attached hydrogen (secondary N) is 1. The van der Waals surface area contributed by atoms with Crippen LogP contribution in [0.5, 0.6) is 0 Å². The van der Waals surface area contributed by atoms with Gasteiger partial charge in [0.2, 0.25) is 0 Å². The van der Waals surface area contributed by atoms with Gasteiger partial charge in [0.1, 0.15) is 4.90 Å². The first-order valence-corrected chi connectivity index (χ1v) is 11.6. The molecule has 1 aliphatic rings. The standard InChI is InChI=1S/C23H28N2O4S/c1-13(2)17-8-7-9-18(14(3)4)21(17)24-22(26)16-10-11-19-20(12-16)30(28,29)25(15(5)6)23(19)27/h7-15H,1-6H3,(H,24,26). The Morgan fingerprint density at radius 3 is 2.00 bits per heavy atom. The van der Waals surface area contributed by atoms with E-state index in [-0.39, 0.29) is 27.9 Å². The van der Waals surface area contributed by atoms with Crippen molar-refractivity contribution in [2.45, 2.75) is 64.3 Å². The van der Waals surface area contributed by atoms with Gasteiger partial charge in [-0.2, -0.15) is 0 Å². The summed E-state index contributed by atoms with van der Waals surface area (Å²) in [5, 5.41) is 2.99. The molecule has 0 atom stereocenters. The second-order valence-electron chi connectivity index (χ2n) is 8.49. The fourth-order valence-electron chi connectivity index (χ4n) is 3.78. The van der Waals surface area contributed by atoms with Crippen LogP contribution in [-0.4, -0.2) is 30.6 Å². The number of sulfonamides is 1. The third-order valence-electron chi connectivity index (χ3n) is 5.29. The quantitative estimate of drug-likeness (QED) is 0.746. The molecule has 1 N–H and O–H groups in total. The molecule has 6 nitrogen and oxygen atoms in total. The Kier molecular flexibility index (Phi) is 5.78. The average Bonchev–Trinajstić information content (AvgIpc) is 2.86. The normalized spacial score (nSPS) is 15.2. The maximum atomic E-state index is 13.1. The molecule has 7 heteroatoms. The lowest BCUT2D eigenvalue weighted by molar-refractivity contribution is 0.0846. The number of nitrogens with zero attached hydrogens (tertiary/aromatic N) is 1. The second kappa shape index (κ2) is 7.87. The van der Waals surface area contributed by atoms with Gasteiger partial charge in [0.25, 0.3) is 21.8 Å². The van der Waals surface area contributed by atoms with Crippen LogP contribution in [0.3, 0.4) is 0 Å². The van der Waals surface area contributed by atoms with E-state index in [9.17, 15) is 18.0 Å². The van der Waals surface area contributed by atoms with Gasteiger partial charge in [0.05, 0.1) is 5.56 Å². The van der Waals surface area contributed by atoms with E-state index in [4.69, 9.17) is 0 Å². The predicted octanol–water partition coefficient (Wildman–Crippen LogP) is 4.74. The Hall–Kier alpha value is -2.67. The summed E-state index contributed by atoms with van der Waals surface area (Å²) >= 11 is 0. The number of anilines is 1. The Morgan fingerprint density at radius 1 is 0.933 bits per heavy atom. The summed E-state index contributed by atoms with van der Waals surface area (Å²) in [4.78, 5) is 25.5. The van der Waals surface area contributed by atoms with E-state index in [2.05, 4.69) is 33.0 Å². The van der Waals surface area contributed by atoms with Crippen molar-refractivity contribution in [3.05, 3.63) is 58.7 Å². The topological polar surface area (TPSA) is 83.6 Å². The van der Waals surface area contributed by atoms with E-state index >= 15 is 0 Å². The number of rotatable bonds is 5. The Bertz CT molecular complexity index is 1090.